The van der Waals surface area contributed by atoms with Crippen LogP contribution in [0.3, 0.4) is 0 Å². The Labute approximate surface area is 234 Å². The number of nitrogens with zero attached hydrogens (tertiary/aromatic N) is 1. The van der Waals surface area contributed by atoms with E-state index in [9.17, 15) is 9.59 Å². The van der Waals surface area contributed by atoms with Crippen LogP contribution in [0.25, 0.3) is 0 Å². The lowest BCUT2D eigenvalue weighted by Crippen LogP contribution is -2.28. The molecule has 2 aromatic rings. The maximum absolute atomic E-state index is 12.0. The number of hydrogen-bond donors (Lipinski definition) is 5. The number of allylic oxidation sites excluding steroid dienone is 4. The summed E-state index contributed by atoms with van der Waals surface area (Å²) in [6.45, 7) is 0.237. The topological polar surface area (TPSA) is 179 Å². The van der Waals surface area contributed by atoms with Gasteiger partial charge in [0.2, 0.25) is 0 Å². The number of amides is 2. The van der Waals surface area contributed by atoms with Crippen molar-refractivity contribution in [2.24, 2.45) is 34.0 Å². The third-order valence-electron chi connectivity index (χ3n) is 6.36. The Kier molecular flexibility index (Phi) is 11.5. The predicted molar refractivity (Wildman–Crippen MR) is 155 cm³/mol. The number of carbonyl (C=O) groups is 2. The van der Waals surface area contributed by atoms with Gasteiger partial charge < -0.3 is 32.1 Å². The molecule has 3 rings (SSSR count). The standard InChI is InChI=1S/C30H36N6O4/c31-25(14-16-27(33)35-29(37)39-19-21-8-3-1-4-9-21)23-12-7-13-24(18-23)26(32)15-17-28(34)36-30(38)40-20-22-10-5-2-6-11-22/h1-6,8-11,14-17,23-24,31H,7,12-13,18-20,32,34H2,(H,36,38)(H2,33,35,37)/b16-14-,26-15-,28-17+,31-25?/t23-,24+/m0/s1. The van der Waals surface area contributed by atoms with Gasteiger partial charge in [0.05, 0.1) is 0 Å². The first-order valence-electron chi connectivity index (χ1n) is 13.0. The molecule has 2 amide bonds. The first kappa shape index (κ1) is 29.7. The van der Waals surface area contributed by atoms with Gasteiger partial charge in [-0.25, -0.2) is 9.59 Å². The average molecular weight is 545 g/mol. The van der Waals surface area contributed by atoms with Gasteiger partial charge in [-0.3, -0.25) is 5.32 Å². The molecule has 1 aliphatic rings. The molecule has 8 N–H and O–H groups in total. The number of nitrogens with one attached hydrogen (secondary N) is 2. The van der Waals surface area contributed by atoms with E-state index in [1.54, 1.807) is 12.2 Å². The number of alkyl carbamates (subject to hydrolysis) is 1. The van der Waals surface area contributed by atoms with E-state index in [4.69, 9.17) is 32.1 Å². The number of ether oxygens (including phenoxy) is 2. The van der Waals surface area contributed by atoms with Gasteiger partial charge in [-0.15, -0.1) is 0 Å². The number of benzene rings is 2. The Hall–Kier alpha value is -4.86. The molecule has 10 heteroatoms. The molecule has 0 heterocycles. The highest BCUT2D eigenvalue weighted by molar-refractivity contribution is 6.04. The van der Waals surface area contributed by atoms with Gasteiger partial charge in [-0.1, -0.05) is 67.1 Å². The smallest absolute Gasteiger partial charge is 0.435 e. The summed E-state index contributed by atoms with van der Waals surface area (Å²) in [5.74, 6) is 0.110. The lowest BCUT2D eigenvalue weighted by Gasteiger charge is -2.29. The molecular weight excluding hydrogens is 508 g/mol. The number of aliphatic imine (C=N–C) groups is 1. The minimum absolute atomic E-state index is 0.0211. The second-order valence-electron chi connectivity index (χ2n) is 9.40. The molecule has 0 spiro atoms. The van der Waals surface area contributed by atoms with Crippen LogP contribution < -0.4 is 22.5 Å². The predicted octanol–water partition coefficient (Wildman–Crippen LogP) is 4.63. The Bertz CT molecular complexity index is 1270. The molecule has 1 saturated carbocycles. The highest BCUT2D eigenvalue weighted by Crippen LogP contribution is 2.33. The van der Waals surface area contributed by atoms with Crippen LogP contribution >= 0.6 is 0 Å². The molecule has 1 aliphatic carbocycles. The van der Waals surface area contributed by atoms with Crippen LogP contribution in [0.5, 0.6) is 0 Å². The van der Waals surface area contributed by atoms with E-state index in [-0.39, 0.29) is 36.7 Å². The molecular formula is C30H36N6O4. The van der Waals surface area contributed by atoms with Crippen molar-refractivity contribution < 1.29 is 19.1 Å². The summed E-state index contributed by atoms with van der Waals surface area (Å²) in [5, 5.41) is 10.9. The summed E-state index contributed by atoms with van der Waals surface area (Å²) in [6, 6.07) is 18.6. The van der Waals surface area contributed by atoms with E-state index in [2.05, 4.69) is 10.3 Å². The molecule has 0 aliphatic heterocycles. The summed E-state index contributed by atoms with van der Waals surface area (Å²) in [4.78, 5) is 27.6. The molecule has 0 bridgehead atoms. The van der Waals surface area contributed by atoms with Crippen LogP contribution in [0.2, 0.25) is 0 Å². The zero-order valence-corrected chi connectivity index (χ0v) is 22.3. The van der Waals surface area contributed by atoms with Crippen LogP contribution in [0, 0.1) is 17.2 Å². The van der Waals surface area contributed by atoms with E-state index in [0.717, 1.165) is 30.4 Å². The van der Waals surface area contributed by atoms with Crippen LogP contribution in [0.1, 0.15) is 36.8 Å². The van der Waals surface area contributed by atoms with Gasteiger partial charge in [0.25, 0.3) is 0 Å². The van der Waals surface area contributed by atoms with Crippen molar-refractivity contribution in [2.45, 2.75) is 38.9 Å². The first-order valence-corrected chi connectivity index (χ1v) is 13.0. The molecule has 0 aromatic heterocycles. The van der Waals surface area contributed by atoms with Crippen molar-refractivity contribution in [2.75, 3.05) is 0 Å². The molecule has 10 nitrogen and oxygen atoms in total. The maximum atomic E-state index is 12.0. The van der Waals surface area contributed by atoms with Gasteiger partial charge in [-0.05, 0) is 60.6 Å². The van der Waals surface area contributed by atoms with Crippen molar-refractivity contribution in [3.63, 3.8) is 0 Å². The highest BCUT2D eigenvalue weighted by atomic mass is 16.6. The molecule has 1 fully saturated rings. The summed E-state index contributed by atoms with van der Waals surface area (Å²) in [6.07, 6.45) is 8.05. The number of carbonyl (C=O) groups excluding carboxylic acids is 2. The summed E-state index contributed by atoms with van der Waals surface area (Å²) >= 11 is 0. The SMILES string of the molecule is N=C(/C=C\C(N)=N\C(=O)OCc1ccccc1)[C@H]1CCC[C@@H](/C(N)=C/C=C(\N)NC(=O)OCc2ccccc2)C1. The van der Waals surface area contributed by atoms with Crippen molar-refractivity contribution in [1.82, 2.24) is 5.32 Å². The summed E-state index contributed by atoms with van der Waals surface area (Å²) in [7, 11) is 0. The summed E-state index contributed by atoms with van der Waals surface area (Å²) < 4.78 is 10.3. The minimum Gasteiger partial charge on any atom is -0.444 e. The van der Waals surface area contributed by atoms with Crippen LogP contribution in [-0.4, -0.2) is 23.7 Å². The number of nitrogens with two attached hydrogens (primary N) is 3. The Morgan fingerprint density at radius 3 is 2.12 bits per heavy atom. The zero-order valence-electron chi connectivity index (χ0n) is 22.3. The third-order valence-corrected chi connectivity index (χ3v) is 6.36. The molecule has 0 unspecified atom stereocenters. The normalized spacial score (nSPS) is 18.2. The molecule has 2 atom stereocenters. The average Bonchev–Trinajstić information content (AvgIpc) is 2.97. The number of rotatable bonds is 10. The van der Waals surface area contributed by atoms with Crippen LogP contribution in [-0.2, 0) is 22.7 Å². The van der Waals surface area contributed by atoms with E-state index in [1.807, 2.05) is 60.7 Å². The van der Waals surface area contributed by atoms with E-state index >= 15 is 0 Å². The van der Waals surface area contributed by atoms with Gasteiger partial charge in [-0.2, -0.15) is 4.99 Å². The molecule has 2 aromatic carbocycles. The largest absolute Gasteiger partial charge is 0.444 e. The van der Waals surface area contributed by atoms with Crippen molar-refractivity contribution in [3.8, 4) is 0 Å². The van der Waals surface area contributed by atoms with Crippen molar-refractivity contribution in [3.05, 3.63) is 108 Å². The third kappa shape index (κ3) is 10.5. The number of hydrogen-bond acceptors (Lipinski definition) is 7. The number of amidine groups is 1. The second kappa shape index (κ2) is 15.5. The van der Waals surface area contributed by atoms with E-state index < -0.39 is 12.2 Å². The minimum atomic E-state index is -0.792. The summed E-state index contributed by atoms with van der Waals surface area (Å²) in [5.41, 5.74) is 20.7. The maximum Gasteiger partial charge on any atom is 0.435 e. The second-order valence-corrected chi connectivity index (χ2v) is 9.40. The highest BCUT2D eigenvalue weighted by Gasteiger charge is 2.25. The molecule has 210 valence electrons. The van der Waals surface area contributed by atoms with E-state index in [1.165, 1.54) is 12.2 Å². The molecule has 0 radical (unpaired) electrons. The Morgan fingerprint density at radius 2 is 1.48 bits per heavy atom. The van der Waals surface area contributed by atoms with Crippen LogP contribution in [0.4, 0.5) is 9.59 Å². The van der Waals surface area contributed by atoms with Crippen molar-refractivity contribution in [1.29, 1.82) is 5.41 Å². The first-order chi connectivity index (χ1) is 19.3. The molecule has 0 saturated heterocycles. The van der Waals surface area contributed by atoms with Gasteiger partial charge in [0.15, 0.2) is 0 Å². The Morgan fingerprint density at radius 1 is 0.875 bits per heavy atom. The fourth-order valence-electron chi connectivity index (χ4n) is 4.22. The monoisotopic (exact) mass is 544 g/mol. The van der Waals surface area contributed by atoms with Gasteiger partial charge in [0, 0.05) is 17.3 Å². The molecule has 40 heavy (non-hydrogen) atoms. The quantitative estimate of drug-likeness (QED) is 0.164. The van der Waals surface area contributed by atoms with Crippen molar-refractivity contribution >= 4 is 23.7 Å². The van der Waals surface area contributed by atoms with Crippen LogP contribution in [0.15, 0.2) is 101 Å². The van der Waals surface area contributed by atoms with E-state index in [0.29, 0.717) is 17.8 Å². The fraction of sp³-hybridized carbons (Fsp3) is 0.267. The van der Waals surface area contributed by atoms with Gasteiger partial charge in [0.1, 0.15) is 24.9 Å². The zero-order chi connectivity index (χ0) is 28.7. The Balaban J connectivity index is 1.45. The fourth-order valence-corrected chi connectivity index (χ4v) is 4.22. The van der Waals surface area contributed by atoms with Gasteiger partial charge >= 0.3 is 12.2 Å². The lowest BCUT2D eigenvalue weighted by molar-refractivity contribution is 0.142. The lowest BCUT2D eigenvalue weighted by atomic mass is 9.77.